The van der Waals surface area contributed by atoms with Gasteiger partial charge in [-0.05, 0) is 43.0 Å². The van der Waals surface area contributed by atoms with Crippen LogP contribution in [-0.2, 0) is 17.8 Å². The molecule has 0 spiro atoms. The molecule has 7 heteroatoms. The molecule has 0 saturated heterocycles. The Bertz CT molecular complexity index is 875. The molecule has 7 nitrogen and oxygen atoms in total. The minimum Gasteiger partial charge on any atom is -0.391 e. The Labute approximate surface area is 157 Å². The Kier molecular flexibility index (Phi) is 5.02. The molecule has 1 aliphatic rings. The van der Waals surface area contributed by atoms with Gasteiger partial charge in [0.25, 0.3) is 0 Å². The highest BCUT2D eigenvalue weighted by Gasteiger charge is 2.34. The van der Waals surface area contributed by atoms with Crippen molar-refractivity contribution >= 4 is 5.91 Å². The van der Waals surface area contributed by atoms with Gasteiger partial charge in [-0.3, -0.25) is 9.48 Å². The lowest BCUT2D eigenvalue weighted by Crippen LogP contribution is -2.40. The van der Waals surface area contributed by atoms with E-state index in [9.17, 15) is 9.90 Å². The van der Waals surface area contributed by atoms with E-state index in [0.29, 0.717) is 18.0 Å². The molecule has 140 valence electrons. The summed E-state index contributed by atoms with van der Waals surface area (Å²) in [6.07, 6.45) is 6.63. The first-order valence-electron chi connectivity index (χ1n) is 9.22. The summed E-state index contributed by atoms with van der Waals surface area (Å²) in [5.41, 5.74) is 1.66. The predicted molar refractivity (Wildman–Crippen MR) is 100 cm³/mol. The highest BCUT2D eigenvalue weighted by Crippen LogP contribution is 2.27. The lowest BCUT2D eigenvalue weighted by Gasteiger charge is -2.16. The fraction of sp³-hybridized carbons (Fsp3) is 0.350. The molecular weight excluding hydrogens is 342 g/mol. The van der Waals surface area contributed by atoms with Crippen LogP contribution in [0.25, 0.3) is 5.69 Å². The quantitative estimate of drug-likeness (QED) is 0.694. The summed E-state index contributed by atoms with van der Waals surface area (Å²) < 4.78 is 3.63. The number of carbonyl (C=O) groups is 1. The number of nitrogens with zero attached hydrogens (tertiary/aromatic N) is 4. The number of hydrogen-bond acceptors (Lipinski definition) is 4. The summed E-state index contributed by atoms with van der Waals surface area (Å²) >= 11 is 0. The number of benzene rings is 1. The van der Waals surface area contributed by atoms with Crippen LogP contribution in [0.3, 0.4) is 0 Å². The average molecular weight is 365 g/mol. The largest absolute Gasteiger partial charge is 0.391 e. The van der Waals surface area contributed by atoms with Crippen molar-refractivity contribution in [1.29, 1.82) is 0 Å². The Morgan fingerprint density at radius 2 is 2.00 bits per heavy atom. The molecule has 1 aromatic carbocycles. The second-order valence-corrected chi connectivity index (χ2v) is 7.07. The minimum absolute atomic E-state index is 0.114. The number of nitrogens with one attached hydrogen (secondary N) is 1. The smallest absolute Gasteiger partial charge is 0.226 e. The van der Waals surface area contributed by atoms with E-state index >= 15 is 0 Å². The average Bonchev–Trinajstić information content (AvgIpc) is 3.39. The van der Waals surface area contributed by atoms with Gasteiger partial charge in [0.05, 0.1) is 29.9 Å². The predicted octanol–water partition coefficient (Wildman–Crippen LogP) is 1.57. The molecule has 2 aromatic heterocycles. The normalized spacial score (nSPS) is 22.0. The number of rotatable bonds is 6. The fourth-order valence-electron chi connectivity index (χ4n) is 3.70. The van der Waals surface area contributed by atoms with Gasteiger partial charge in [0.15, 0.2) is 0 Å². The van der Waals surface area contributed by atoms with E-state index in [-0.39, 0.29) is 18.4 Å². The standard InChI is InChI=1S/C20H23N5O2/c26-19-12-15(14-24-9-4-8-21-24)11-18(19)22-20(27)13-16-7-10-25(23-16)17-5-2-1-3-6-17/h1-10,15,18-19,26H,11-14H2,(H,22,27)/t15?,18-,19-/m1/s1. The van der Waals surface area contributed by atoms with Crippen LogP contribution in [0.5, 0.6) is 0 Å². The van der Waals surface area contributed by atoms with Gasteiger partial charge in [0.2, 0.25) is 5.91 Å². The number of aliphatic hydroxyl groups is 1. The third-order valence-electron chi connectivity index (χ3n) is 4.98. The van der Waals surface area contributed by atoms with E-state index in [1.807, 2.05) is 59.5 Å². The van der Waals surface area contributed by atoms with E-state index in [1.54, 1.807) is 10.9 Å². The topological polar surface area (TPSA) is 85.0 Å². The van der Waals surface area contributed by atoms with Gasteiger partial charge in [-0.25, -0.2) is 4.68 Å². The lowest BCUT2D eigenvalue weighted by molar-refractivity contribution is -0.121. The molecule has 0 aliphatic heterocycles. The van der Waals surface area contributed by atoms with E-state index in [4.69, 9.17) is 0 Å². The Morgan fingerprint density at radius 1 is 1.15 bits per heavy atom. The Morgan fingerprint density at radius 3 is 2.78 bits per heavy atom. The molecule has 1 fully saturated rings. The molecule has 1 aliphatic carbocycles. The van der Waals surface area contributed by atoms with Crippen molar-refractivity contribution in [3.8, 4) is 5.69 Å². The van der Waals surface area contributed by atoms with Crippen LogP contribution in [0.15, 0.2) is 61.1 Å². The van der Waals surface area contributed by atoms with Crippen molar-refractivity contribution in [1.82, 2.24) is 24.9 Å². The van der Waals surface area contributed by atoms with E-state index in [2.05, 4.69) is 15.5 Å². The Hall–Kier alpha value is -2.93. The first kappa shape index (κ1) is 17.5. The number of aromatic nitrogens is 4. The first-order chi connectivity index (χ1) is 13.2. The van der Waals surface area contributed by atoms with Gasteiger partial charge in [0.1, 0.15) is 0 Å². The number of carbonyl (C=O) groups excluding carboxylic acids is 1. The maximum Gasteiger partial charge on any atom is 0.226 e. The molecule has 4 rings (SSSR count). The monoisotopic (exact) mass is 365 g/mol. The molecule has 27 heavy (non-hydrogen) atoms. The molecule has 2 heterocycles. The van der Waals surface area contributed by atoms with E-state index in [0.717, 1.165) is 18.7 Å². The molecule has 1 saturated carbocycles. The van der Waals surface area contributed by atoms with Crippen LogP contribution in [-0.4, -0.2) is 42.7 Å². The third-order valence-corrected chi connectivity index (χ3v) is 4.98. The zero-order valence-corrected chi connectivity index (χ0v) is 15.0. The van der Waals surface area contributed by atoms with Crippen LogP contribution < -0.4 is 5.32 Å². The number of aliphatic hydroxyl groups excluding tert-OH is 1. The molecule has 2 N–H and O–H groups in total. The fourth-order valence-corrected chi connectivity index (χ4v) is 3.70. The van der Waals surface area contributed by atoms with Crippen LogP contribution in [0.4, 0.5) is 0 Å². The van der Waals surface area contributed by atoms with Crippen molar-refractivity contribution in [2.75, 3.05) is 0 Å². The SMILES string of the molecule is O=C(Cc1ccn(-c2ccccc2)n1)N[C@@H]1CC(Cn2cccn2)C[C@H]1O. The van der Waals surface area contributed by atoms with Crippen LogP contribution in [0.2, 0.25) is 0 Å². The number of amides is 1. The van der Waals surface area contributed by atoms with Gasteiger partial charge in [-0.1, -0.05) is 18.2 Å². The third kappa shape index (κ3) is 4.25. The van der Waals surface area contributed by atoms with Crippen LogP contribution >= 0.6 is 0 Å². The van der Waals surface area contributed by atoms with Gasteiger partial charge in [-0.15, -0.1) is 0 Å². The van der Waals surface area contributed by atoms with Gasteiger partial charge < -0.3 is 10.4 Å². The van der Waals surface area contributed by atoms with Gasteiger partial charge >= 0.3 is 0 Å². The van der Waals surface area contributed by atoms with Gasteiger partial charge in [-0.2, -0.15) is 10.2 Å². The molecule has 1 amide bonds. The van der Waals surface area contributed by atoms with Gasteiger partial charge in [0, 0.05) is 25.1 Å². The molecule has 3 atom stereocenters. The van der Waals surface area contributed by atoms with Crippen LogP contribution in [0.1, 0.15) is 18.5 Å². The second kappa shape index (κ2) is 7.75. The maximum atomic E-state index is 12.4. The van der Waals surface area contributed by atoms with E-state index in [1.165, 1.54) is 0 Å². The van der Waals surface area contributed by atoms with Crippen molar-refractivity contribution in [3.63, 3.8) is 0 Å². The number of hydrogen-bond donors (Lipinski definition) is 2. The highest BCUT2D eigenvalue weighted by molar-refractivity contribution is 5.78. The summed E-state index contributed by atoms with van der Waals surface area (Å²) in [4.78, 5) is 12.4. The molecular formula is C20H23N5O2. The second-order valence-electron chi connectivity index (χ2n) is 7.07. The summed E-state index contributed by atoms with van der Waals surface area (Å²) in [7, 11) is 0. The summed E-state index contributed by atoms with van der Waals surface area (Å²) in [5, 5.41) is 21.9. The maximum absolute atomic E-state index is 12.4. The zero-order valence-electron chi connectivity index (χ0n) is 15.0. The minimum atomic E-state index is -0.517. The summed E-state index contributed by atoms with van der Waals surface area (Å²) in [6, 6.07) is 13.3. The molecule has 3 aromatic rings. The molecule has 1 unspecified atom stereocenters. The number of para-hydroxylation sites is 1. The van der Waals surface area contributed by atoms with Crippen molar-refractivity contribution < 1.29 is 9.90 Å². The summed E-state index contributed by atoms with van der Waals surface area (Å²) in [6.45, 7) is 0.762. The lowest BCUT2D eigenvalue weighted by atomic mass is 10.1. The summed E-state index contributed by atoms with van der Waals surface area (Å²) in [5.74, 6) is 0.194. The zero-order chi connectivity index (χ0) is 18.6. The van der Waals surface area contributed by atoms with E-state index < -0.39 is 6.10 Å². The highest BCUT2D eigenvalue weighted by atomic mass is 16.3. The molecule has 0 radical (unpaired) electrons. The first-order valence-corrected chi connectivity index (χ1v) is 9.22. The van der Waals surface area contributed by atoms with Crippen LogP contribution in [0, 0.1) is 5.92 Å². The van der Waals surface area contributed by atoms with Crippen molar-refractivity contribution in [2.45, 2.75) is 38.0 Å². The Balaban J connectivity index is 1.31. The van der Waals surface area contributed by atoms with Crippen molar-refractivity contribution in [2.24, 2.45) is 5.92 Å². The van der Waals surface area contributed by atoms with Crippen molar-refractivity contribution in [3.05, 3.63) is 66.7 Å². The molecule has 0 bridgehead atoms.